The lowest BCUT2D eigenvalue weighted by molar-refractivity contribution is 0.0224. The van der Waals surface area contributed by atoms with E-state index in [0.29, 0.717) is 34.0 Å². The van der Waals surface area contributed by atoms with E-state index in [1.165, 1.54) is 6.07 Å². The zero-order valence-electron chi connectivity index (χ0n) is 23.8. The van der Waals surface area contributed by atoms with E-state index < -0.39 is 5.60 Å². The summed E-state index contributed by atoms with van der Waals surface area (Å²) in [5, 5.41) is 3.24. The lowest BCUT2D eigenvalue weighted by atomic mass is 9.77. The number of esters is 1. The number of rotatable bonds is 9. The zero-order valence-corrected chi connectivity index (χ0v) is 23.8. The molecule has 4 aromatic rings. The predicted molar refractivity (Wildman–Crippen MR) is 161 cm³/mol. The molecule has 0 fully saturated rings. The Morgan fingerprint density at radius 3 is 2.27 bits per heavy atom. The van der Waals surface area contributed by atoms with Crippen molar-refractivity contribution in [1.29, 1.82) is 0 Å². The van der Waals surface area contributed by atoms with Gasteiger partial charge in [-0.2, -0.15) is 0 Å². The molecule has 0 radical (unpaired) electrons. The molecule has 1 unspecified atom stereocenters. The van der Waals surface area contributed by atoms with Crippen molar-refractivity contribution >= 4 is 23.0 Å². The van der Waals surface area contributed by atoms with Crippen LogP contribution in [0.1, 0.15) is 72.1 Å². The van der Waals surface area contributed by atoms with Crippen LogP contribution >= 0.6 is 0 Å². The summed E-state index contributed by atoms with van der Waals surface area (Å²) in [6, 6.07) is 24.2. The zero-order chi connectivity index (χ0) is 28.6. The molecule has 0 aliphatic carbocycles. The number of halogens is 1. The molecule has 0 saturated carbocycles. The fraction of sp³-hybridized carbons (Fsp3) is 0.286. The molecule has 2 aliphatic heterocycles. The van der Waals surface area contributed by atoms with Crippen molar-refractivity contribution in [1.82, 2.24) is 0 Å². The average molecular weight is 551 g/mol. The molecular formula is C35H35FN2O3. The summed E-state index contributed by atoms with van der Waals surface area (Å²) < 4.78 is 27.6. The van der Waals surface area contributed by atoms with E-state index in [1.54, 1.807) is 24.3 Å². The van der Waals surface area contributed by atoms with Crippen LogP contribution in [0.2, 0.25) is 0 Å². The summed E-state index contributed by atoms with van der Waals surface area (Å²) in [7, 11) is 0. The van der Waals surface area contributed by atoms with Gasteiger partial charge in [0.2, 0.25) is 0 Å². The maximum absolute atomic E-state index is 14.6. The topological polar surface area (TPSA) is 50.8 Å². The molecule has 2 heterocycles. The first-order chi connectivity index (χ1) is 20.0. The molecule has 2 aliphatic rings. The summed E-state index contributed by atoms with van der Waals surface area (Å²) in [6.07, 6.45) is 4.46. The molecule has 0 saturated heterocycles. The van der Waals surface area contributed by atoms with Crippen molar-refractivity contribution in [3.63, 3.8) is 0 Å². The van der Waals surface area contributed by atoms with E-state index in [-0.39, 0.29) is 11.8 Å². The summed E-state index contributed by atoms with van der Waals surface area (Å²) in [5.74, 6) is 0.568. The molecule has 41 heavy (non-hydrogen) atoms. The normalized spacial score (nSPS) is 16.4. The SMILES string of the molecule is CCCCN(CCCC)c1ccc2c(c1)Oc1cc(C)c(Nc3ccccc3F)cc1C21OC(=O)c2ccccc21. The molecule has 5 nitrogen and oxygen atoms in total. The van der Waals surface area contributed by atoms with Gasteiger partial charge >= 0.3 is 5.97 Å². The number of nitrogens with zero attached hydrogens (tertiary/aromatic N) is 1. The van der Waals surface area contributed by atoms with Crippen molar-refractivity contribution in [3.05, 3.63) is 112 Å². The van der Waals surface area contributed by atoms with Gasteiger partial charge in [0.15, 0.2) is 5.60 Å². The van der Waals surface area contributed by atoms with E-state index in [9.17, 15) is 9.18 Å². The third kappa shape index (κ3) is 4.61. The van der Waals surface area contributed by atoms with Crippen LogP contribution in [0.3, 0.4) is 0 Å². The molecule has 1 spiro atoms. The number of hydrogen-bond donors (Lipinski definition) is 1. The van der Waals surface area contributed by atoms with E-state index in [2.05, 4.69) is 36.2 Å². The number of benzene rings is 4. The Kier molecular flexibility index (Phi) is 7.16. The summed E-state index contributed by atoms with van der Waals surface area (Å²) in [4.78, 5) is 15.7. The van der Waals surface area contributed by atoms with E-state index in [1.807, 2.05) is 43.3 Å². The minimum atomic E-state index is -1.19. The quantitative estimate of drug-likeness (QED) is 0.211. The van der Waals surface area contributed by atoms with Gasteiger partial charge in [0, 0.05) is 47.2 Å². The molecule has 6 heteroatoms. The number of carbonyl (C=O) groups is 1. The maximum atomic E-state index is 14.6. The Morgan fingerprint density at radius 2 is 1.51 bits per heavy atom. The monoisotopic (exact) mass is 550 g/mol. The van der Waals surface area contributed by atoms with Gasteiger partial charge < -0.3 is 19.7 Å². The third-order valence-electron chi connectivity index (χ3n) is 8.11. The van der Waals surface area contributed by atoms with Crippen LogP contribution in [-0.2, 0) is 10.3 Å². The second-order valence-corrected chi connectivity index (χ2v) is 10.9. The summed E-state index contributed by atoms with van der Waals surface area (Å²) in [6.45, 7) is 8.31. The molecule has 0 amide bonds. The number of carbonyl (C=O) groups excluding carboxylic acids is 1. The summed E-state index contributed by atoms with van der Waals surface area (Å²) in [5.41, 5.74) is 4.66. The molecule has 4 aromatic carbocycles. The highest BCUT2D eigenvalue weighted by molar-refractivity contribution is 5.97. The lowest BCUT2D eigenvalue weighted by Crippen LogP contribution is -2.33. The van der Waals surface area contributed by atoms with Gasteiger partial charge in [-0.1, -0.05) is 57.0 Å². The minimum absolute atomic E-state index is 0.346. The highest BCUT2D eigenvalue weighted by atomic mass is 19.1. The lowest BCUT2D eigenvalue weighted by Gasteiger charge is -2.38. The second kappa shape index (κ2) is 10.9. The van der Waals surface area contributed by atoms with Gasteiger partial charge in [0.25, 0.3) is 0 Å². The first kappa shape index (κ1) is 26.9. The van der Waals surface area contributed by atoms with E-state index in [0.717, 1.165) is 61.2 Å². The van der Waals surface area contributed by atoms with Crippen LogP contribution in [0, 0.1) is 12.7 Å². The number of anilines is 3. The molecule has 6 rings (SSSR count). The first-order valence-corrected chi connectivity index (χ1v) is 14.5. The Labute approximate surface area is 240 Å². The van der Waals surface area contributed by atoms with Gasteiger partial charge in [-0.05, 0) is 67.8 Å². The van der Waals surface area contributed by atoms with Crippen molar-refractivity contribution in [2.75, 3.05) is 23.3 Å². The van der Waals surface area contributed by atoms with Crippen molar-refractivity contribution in [2.24, 2.45) is 0 Å². The van der Waals surface area contributed by atoms with E-state index >= 15 is 0 Å². The van der Waals surface area contributed by atoms with Crippen molar-refractivity contribution < 1.29 is 18.7 Å². The summed E-state index contributed by atoms with van der Waals surface area (Å²) >= 11 is 0. The Morgan fingerprint density at radius 1 is 0.805 bits per heavy atom. The van der Waals surface area contributed by atoms with Crippen LogP contribution in [0.5, 0.6) is 11.5 Å². The minimum Gasteiger partial charge on any atom is -0.456 e. The fourth-order valence-electron chi connectivity index (χ4n) is 5.92. The van der Waals surface area contributed by atoms with Gasteiger partial charge in [-0.15, -0.1) is 0 Å². The maximum Gasteiger partial charge on any atom is 0.340 e. The molecule has 1 atom stereocenters. The van der Waals surface area contributed by atoms with Crippen LogP contribution in [0.15, 0.2) is 78.9 Å². The number of para-hydroxylation sites is 1. The number of ether oxygens (including phenoxy) is 2. The standard InChI is InChI=1S/C35H35FN2O3/c1-4-6-18-38(19-7-5-2)24-16-17-27-33(21-24)40-32-20-23(3)31(37-30-15-11-10-14-29(30)36)22-28(32)35(27)26-13-9-8-12-25(26)34(39)41-35/h8-17,20-22,37H,4-7,18-19H2,1-3H3. The Balaban J connectivity index is 1.52. The third-order valence-corrected chi connectivity index (χ3v) is 8.11. The van der Waals surface area contributed by atoms with Gasteiger partial charge in [-0.3, -0.25) is 0 Å². The largest absolute Gasteiger partial charge is 0.456 e. The van der Waals surface area contributed by atoms with Crippen molar-refractivity contribution in [3.8, 4) is 11.5 Å². The highest BCUT2D eigenvalue weighted by Gasteiger charge is 2.53. The average Bonchev–Trinajstić information content (AvgIpc) is 3.27. The van der Waals surface area contributed by atoms with E-state index in [4.69, 9.17) is 9.47 Å². The highest BCUT2D eigenvalue weighted by Crippen LogP contribution is 2.57. The number of unbranched alkanes of at least 4 members (excludes halogenated alkanes) is 2. The number of nitrogens with one attached hydrogen (secondary N) is 1. The first-order valence-electron chi connectivity index (χ1n) is 14.5. The van der Waals surface area contributed by atoms with Crippen LogP contribution in [0.4, 0.5) is 21.5 Å². The van der Waals surface area contributed by atoms with Crippen LogP contribution in [0.25, 0.3) is 0 Å². The Bertz CT molecular complexity index is 1610. The Hall–Kier alpha value is -4.32. The fourth-order valence-corrected chi connectivity index (χ4v) is 5.92. The number of hydrogen-bond acceptors (Lipinski definition) is 5. The van der Waals surface area contributed by atoms with Gasteiger partial charge in [0.1, 0.15) is 17.3 Å². The molecule has 0 aromatic heterocycles. The number of fused-ring (bicyclic) bond motifs is 6. The van der Waals surface area contributed by atoms with Crippen LogP contribution < -0.4 is 15.0 Å². The molecule has 210 valence electrons. The van der Waals surface area contributed by atoms with Gasteiger partial charge in [-0.25, -0.2) is 9.18 Å². The molecule has 0 bridgehead atoms. The van der Waals surface area contributed by atoms with Gasteiger partial charge in [0.05, 0.1) is 11.3 Å². The smallest absolute Gasteiger partial charge is 0.340 e. The van der Waals surface area contributed by atoms with Crippen LogP contribution in [-0.4, -0.2) is 19.1 Å². The second-order valence-electron chi connectivity index (χ2n) is 10.9. The molecular weight excluding hydrogens is 515 g/mol. The predicted octanol–water partition coefficient (Wildman–Crippen LogP) is 8.85. The van der Waals surface area contributed by atoms with Crippen molar-refractivity contribution in [2.45, 2.75) is 52.1 Å². The molecule has 1 N–H and O–H groups in total. The number of aryl methyl sites for hydroxylation is 1.